The Balaban J connectivity index is 3.14. The molecule has 5 N–H and O–H groups in total. The number of rotatable bonds is 10. The van der Waals surface area contributed by atoms with Crippen molar-refractivity contribution in [3.8, 4) is 0 Å². The number of amides is 2. The van der Waals surface area contributed by atoms with E-state index in [-0.39, 0.29) is 35.9 Å². The zero-order valence-electron chi connectivity index (χ0n) is 17.7. The maximum absolute atomic E-state index is 11.9. The predicted octanol–water partition coefficient (Wildman–Crippen LogP) is 1.47. The Morgan fingerprint density at radius 2 is 1.97 bits per heavy atom. The minimum atomic E-state index is -1.07. The number of nitrogens with two attached hydrogens (primary N) is 1. The summed E-state index contributed by atoms with van der Waals surface area (Å²) < 4.78 is 6.08. The van der Waals surface area contributed by atoms with Crippen LogP contribution >= 0.6 is 0 Å². The van der Waals surface area contributed by atoms with Gasteiger partial charge < -0.3 is 20.9 Å². The van der Waals surface area contributed by atoms with E-state index in [1.165, 1.54) is 13.0 Å². The average molecular weight is 411 g/mol. The molecule has 9 heteroatoms. The first-order valence-electron chi connectivity index (χ1n) is 10.2. The van der Waals surface area contributed by atoms with Crippen molar-refractivity contribution in [2.75, 3.05) is 0 Å². The molecule has 0 saturated carbocycles. The third-order valence-corrected chi connectivity index (χ3v) is 4.80. The molecule has 2 amide bonds. The second-order valence-electron chi connectivity index (χ2n) is 7.20. The topological polar surface area (TPSA) is 143 Å². The van der Waals surface area contributed by atoms with Crippen LogP contribution in [0.5, 0.6) is 0 Å². The summed E-state index contributed by atoms with van der Waals surface area (Å²) in [6, 6.07) is -1.27. The van der Waals surface area contributed by atoms with Gasteiger partial charge in [0.1, 0.15) is 0 Å². The number of carbonyl (C=O) groups is 3. The third-order valence-electron chi connectivity index (χ3n) is 4.80. The van der Waals surface area contributed by atoms with Gasteiger partial charge in [-0.1, -0.05) is 27.2 Å². The molecule has 0 unspecified atom stereocenters. The molecule has 0 aromatic carbocycles. The minimum absolute atomic E-state index is 0.0641. The van der Waals surface area contributed by atoms with Crippen LogP contribution in [0.15, 0.2) is 16.6 Å². The molecule has 0 saturated heterocycles. The van der Waals surface area contributed by atoms with Gasteiger partial charge in [0.25, 0.3) is 0 Å². The van der Waals surface area contributed by atoms with Gasteiger partial charge in [-0.15, -0.1) is 0 Å². The lowest BCUT2D eigenvalue weighted by Gasteiger charge is -2.36. The Morgan fingerprint density at radius 1 is 1.31 bits per heavy atom. The molecule has 0 heterocycles. The highest BCUT2D eigenvalue weighted by molar-refractivity contribution is 5.96. The molecule has 0 radical (unpaired) electrons. The average Bonchev–Trinajstić information content (AvgIpc) is 2.65. The SMILES string of the molecule is CCCCC(=O)NC(N)=N[C@H]1CC(C(=O)O)=C[C@@H](OC(CC)CC)[C@@H]1NC(C)=O. The van der Waals surface area contributed by atoms with Crippen molar-refractivity contribution in [3.05, 3.63) is 11.6 Å². The monoisotopic (exact) mass is 410 g/mol. The van der Waals surface area contributed by atoms with Gasteiger partial charge in [-0.2, -0.15) is 0 Å². The first kappa shape index (κ1) is 24.6. The summed E-state index contributed by atoms with van der Waals surface area (Å²) in [7, 11) is 0. The van der Waals surface area contributed by atoms with Crippen LogP contribution in [0.25, 0.3) is 0 Å². The molecule has 0 aromatic rings. The zero-order valence-corrected chi connectivity index (χ0v) is 17.7. The molecule has 0 bridgehead atoms. The Bertz CT molecular complexity index is 643. The summed E-state index contributed by atoms with van der Waals surface area (Å²) in [4.78, 5) is 39.6. The minimum Gasteiger partial charge on any atom is -0.478 e. The number of aliphatic carboxylic acids is 1. The first-order chi connectivity index (χ1) is 13.7. The number of ether oxygens (including phenoxy) is 1. The fraction of sp³-hybridized carbons (Fsp3) is 0.700. The van der Waals surface area contributed by atoms with E-state index in [0.717, 1.165) is 25.7 Å². The maximum Gasteiger partial charge on any atom is 0.331 e. The number of nitrogens with zero attached hydrogens (tertiary/aromatic N) is 1. The number of hydrogen-bond donors (Lipinski definition) is 4. The van der Waals surface area contributed by atoms with Crippen LogP contribution in [0.4, 0.5) is 0 Å². The van der Waals surface area contributed by atoms with E-state index >= 15 is 0 Å². The maximum atomic E-state index is 11.9. The van der Waals surface area contributed by atoms with E-state index in [0.29, 0.717) is 6.42 Å². The molecule has 9 nitrogen and oxygen atoms in total. The summed E-state index contributed by atoms with van der Waals surface area (Å²) in [5.41, 5.74) is 6.03. The number of carboxylic acid groups (broad SMARTS) is 1. The zero-order chi connectivity index (χ0) is 22.0. The molecular formula is C20H34N4O5. The van der Waals surface area contributed by atoms with E-state index in [2.05, 4.69) is 15.6 Å². The predicted molar refractivity (Wildman–Crippen MR) is 110 cm³/mol. The largest absolute Gasteiger partial charge is 0.478 e. The van der Waals surface area contributed by atoms with Gasteiger partial charge in [0, 0.05) is 25.3 Å². The molecule has 0 fully saturated rings. The standard InChI is InChI=1S/C20H34N4O5/c1-5-8-9-17(26)24-20(21)23-15-10-13(19(27)28)11-16(18(15)22-12(4)25)29-14(6-2)7-3/h11,14-16,18H,5-10H2,1-4H3,(H,22,25)(H,27,28)(H3,21,23,24,26)/t15-,16+,18+/m0/s1. The van der Waals surface area contributed by atoms with Gasteiger partial charge in [0.2, 0.25) is 11.8 Å². The van der Waals surface area contributed by atoms with Gasteiger partial charge in [0.05, 0.1) is 24.3 Å². The van der Waals surface area contributed by atoms with Crippen LogP contribution in [0.2, 0.25) is 0 Å². The molecule has 1 aliphatic carbocycles. The molecule has 0 spiro atoms. The lowest BCUT2D eigenvalue weighted by Crippen LogP contribution is -2.54. The fourth-order valence-electron chi connectivity index (χ4n) is 3.22. The summed E-state index contributed by atoms with van der Waals surface area (Å²) in [5, 5.41) is 14.8. The number of aliphatic imine (C=N–C) groups is 1. The number of unbranched alkanes of at least 4 members (excludes halogenated alkanes) is 1. The van der Waals surface area contributed by atoms with Crippen LogP contribution in [0.3, 0.4) is 0 Å². The quantitative estimate of drug-likeness (QED) is 0.317. The molecule has 29 heavy (non-hydrogen) atoms. The second kappa shape index (κ2) is 12.2. The van der Waals surface area contributed by atoms with Crippen molar-refractivity contribution in [2.24, 2.45) is 10.7 Å². The molecule has 3 atom stereocenters. The molecule has 0 aromatic heterocycles. The lowest BCUT2D eigenvalue weighted by molar-refractivity contribution is -0.133. The van der Waals surface area contributed by atoms with E-state index in [4.69, 9.17) is 10.5 Å². The van der Waals surface area contributed by atoms with E-state index in [1.54, 1.807) is 0 Å². The van der Waals surface area contributed by atoms with Crippen molar-refractivity contribution in [3.63, 3.8) is 0 Å². The fourth-order valence-corrected chi connectivity index (χ4v) is 3.22. The molecule has 1 rings (SSSR count). The number of hydrogen-bond acceptors (Lipinski definition) is 5. The van der Waals surface area contributed by atoms with Gasteiger partial charge >= 0.3 is 5.97 Å². The van der Waals surface area contributed by atoms with Crippen molar-refractivity contribution < 1.29 is 24.2 Å². The van der Waals surface area contributed by atoms with Crippen molar-refractivity contribution in [1.82, 2.24) is 10.6 Å². The summed E-state index contributed by atoms with van der Waals surface area (Å²) >= 11 is 0. The summed E-state index contributed by atoms with van der Waals surface area (Å²) in [5.74, 6) is -1.71. The van der Waals surface area contributed by atoms with Crippen molar-refractivity contribution in [2.45, 2.75) is 90.5 Å². The normalized spacial score (nSPS) is 22.2. The number of carbonyl (C=O) groups excluding carboxylic acids is 2. The highest BCUT2D eigenvalue weighted by Crippen LogP contribution is 2.26. The van der Waals surface area contributed by atoms with Crippen molar-refractivity contribution >= 4 is 23.7 Å². The number of carboxylic acids is 1. The molecule has 0 aliphatic heterocycles. The smallest absolute Gasteiger partial charge is 0.331 e. The Kier molecular flexibility index (Phi) is 10.4. The van der Waals surface area contributed by atoms with Crippen LogP contribution in [-0.4, -0.2) is 53.1 Å². The lowest BCUT2D eigenvalue weighted by atomic mass is 9.88. The highest BCUT2D eigenvalue weighted by Gasteiger charge is 2.37. The third kappa shape index (κ3) is 8.23. The Labute approximate surface area is 172 Å². The second-order valence-corrected chi connectivity index (χ2v) is 7.20. The van der Waals surface area contributed by atoms with Gasteiger partial charge in [-0.25, -0.2) is 9.79 Å². The number of guanidine groups is 1. The molecular weight excluding hydrogens is 376 g/mol. The molecule has 164 valence electrons. The summed E-state index contributed by atoms with van der Waals surface area (Å²) in [6.45, 7) is 7.31. The summed E-state index contributed by atoms with van der Waals surface area (Å²) in [6.07, 6.45) is 4.27. The van der Waals surface area contributed by atoms with Crippen LogP contribution in [0, 0.1) is 0 Å². The van der Waals surface area contributed by atoms with E-state index in [9.17, 15) is 19.5 Å². The number of nitrogens with one attached hydrogen (secondary N) is 2. The Morgan fingerprint density at radius 3 is 2.48 bits per heavy atom. The van der Waals surface area contributed by atoms with Crippen LogP contribution in [-0.2, 0) is 19.1 Å². The van der Waals surface area contributed by atoms with Crippen molar-refractivity contribution in [1.29, 1.82) is 0 Å². The van der Waals surface area contributed by atoms with Crippen LogP contribution < -0.4 is 16.4 Å². The van der Waals surface area contributed by atoms with Gasteiger partial charge in [-0.3, -0.25) is 14.9 Å². The first-order valence-corrected chi connectivity index (χ1v) is 10.2. The molecule has 1 aliphatic rings. The Hall–Kier alpha value is -2.42. The highest BCUT2D eigenvalue weighted by atomic mass is 16.5. The van der Waals surface area contributed by atoms with Crippen LogP contribution in [0.1, 0.15) is 66.2 Å². The van der Waals surface area contributed by atoms with Gasteiger partial charge in [0.15, 0.2) is 5.96 Å². The van der Waals surface area contributed by atoms with Gasteiger partial charge in [-0.05, 0) is 25.3 Å². The van der Waals surface area contributed by atoms with E-state index < -0.39 is 24.2 Å². The van der Waals surface area contributed by atoms with E-state index in [1.807, 2.05) is 20.8 Å².